The van der Waals surface area contributed by atoms with Gasteiger partial charge in [-0.2, -0.15) is 0 Å². The number of aromatic nitrogens is 2. The van der Waals surface area contributed by atoms with Gasteiger partial charge in [0, 0.05) is 20.1 Å². The Morgan fingerprint density at radius 1 is 1.33 bits per heavy atom. The first kappa shape index (κ1) is 8.47. The minimum absolute atomic E-state index is 0.0832. The molecule has 0 spiro atoms. The van der Waals surface area contributed by atoms with Crippen LogP contribution >= 0.6 is 0 Å². The lowest BCUT2D eigenvalue weighted by Crippen LogP contribution is -2.27. The van der Waals surface area contributed by atoms with Crippen LogP contribution < -0.4 is 0 Å². The smallest absolute Gasteiger partial charge is 0.255 e. The molecule has 0 aliphatic carbocycles. The highest BCUT2D eigenvalue weighted by Crippen LogP contribution is 2.21. The van der Waals surface area contributed by atoms with Gasteiger partial charge in [0.25, 0.3) is 5.91 Å². The summed E-state index contributed by atoms with van der Waals surface area (Å²) in [5.74, 6) is 0.0832. The van der Waals surface area contributed by atoms with E-state index in [0.29, 0.717) is 0 Å². The van der Waals surface area contributed by atoms with E-state index in [1.807, 2.05) is 29.8 Å². The first-order valence-electron chi connectivity index (χ1n) is 4.97. The molecule has 0 radical (unpaired) electrons. The molecule has 0 unspecified atom stereocenters. The van der Waals surface area contributed by atoms with Crippen LogP contribution in [-0.4, -0.2) is 34.0 Å². The van der Waals surface area contributed by atoms with E-state index < -0.39 is 0 Å². The molecule has 1 amide bonds. The zero-order valence-electron chi connectivity index (χ0n) is 8.47. The van der Waals surface area contributed by atoms with E-state index in [2.05, 4.69) is 4.98 Å². The van der Waals surface area contributed by atoms with Crippen LogP contribution in [0.5, 0.6) is 0 Å². The van der Waals surface area contributed by atoms with Crippen LogP contribution in [0.2, 0.25) is 0 Å². The van der Waals surface area contributed by atoms with Crippen molar-refractivity contribution in [1.82, 2.24) is 14.5 Å². The molecule has 1 aromatic carbocycles. The van der Waals surface area contributed by atoms with Gasteiger partial charge in [-0.05, 0) is 12.1 Å². The van der Waals surface area contributed by atoms with Gasteiger partial charge in [-0.3, -0.25) is 4.79 Å². The van der Waals surface area contributed by atoms with Crippen molar-refractivity contribution in [1.29, 1.82) is 0 Å². The third-order valence-electron chi connectivity index (χ3n) is 2.89. The molecular weight excluding hydrogens is 190 g/mol. The summed E-state index contributed by atoms with van der Waals surface area (Å²) in [4.78, 5) is 18.0. The SMILES string of the molecule is CN1CCn2cnc3cccc(c32)C1=O. The van der Waals surface area contributed by atoms with Crippen molar-refractivity contribution >= 4 is 16.9 Å². The number of imidazole rings is 1. The van der Waals surface area contributed by atoms with Crippen LogP contribution in [0.3, 0.4) is 0 Å². The number of hydrogen-bond donors (Lipinski definition) is 0. The molecule has 0 fully saturated rings. The monoisotopic (exact) mass is 201 g/mol. The molecule has 1 aromatic heterocycles. The molecule has 2 heterocycles. The number of rotatable bonds is 0. The lowest BCUT2D eigenvalue weighted by atomic mass is 10.1. The van der Waals surface area contributed by atoms with E-state index in [0.717, 1.165) is 29.7 Å². The normalized spacial score (nSPS) is 15.8. The van der Waals surface area contributed by atoms with Crippen molar-refractivity contribution in [2.24, 2.45) is 0 Å². The fraction of sp³-hybridized carbons (Fsp3) is 0.273. The van der Waals surface area contributed by atoms with E-state index in [9.17, 15) is 4.79 Å². The molecule has 4 heteroatoms. The summed E-state index contributed by atoms with van der Waals surface area (Å²) in [5, 5.41) is 0. The van der Waals surface area contributed by atoms with Gasteiger partial charge in [-0.15, -0.1) is 0 Å². The Kier molecular flexibility index (Phi) is 1.59. The quantitative estimate of drug-likeness (QED) is 0.640. The van der Waals surface area contributed by atoms with Crippen molar-refractivity contribution in [3.8, 4) is 0 Å². The first-order chi connectivity index (χ1) is 7.27. The van der Waals surface area contributed by atoms with Gasteiger partial charge in [-0.25, -0.2) is 4.98 Å². The molecule has 1 aliphatic rings. The van der Waals surface area contributed by atoms with Gasteiger partial charge in [0.15, 0.2) is 0 Å². The molecular formula is C11H11N3O. The number of para-hydroxylation sites is 1. The predicted molar refractivity (Wildman–Crippen MR) is 56.7 cm³/mol. The van der Waals surface area contributed by atoms with E-state index in [-0.39, 0.29) is 5.91 Å². The lowest BCUT2D eigenvalue weighted by molar-refractivity contribution is 0.0798. The van der Waals surface area contributed by atoms with Crippen LogP contribution in [-0.2, 0) is 6.54 Å². The van der Waals surface area contributed by atoms with E-state index in [1.54, 1.807) is 11.2 Å². The highest BCUT2D eigenvalue weighted by Gasteiger charge is 2.20. The summed E-state index contributed by atoms with van der Waals surface area (Å²) in [7, 11) is 1.83. The van der Waals surface area contributed by atoms with Crippen LogP contribution in [0.15, 0.2) is 24.5 Å². The Morgan fingerprint density at radius 3 is 3.07 bits per heavy atom. The summed E-state index contributed by atoms with van der Waals surface area (Å²) < 4.78 is 2.05. The Bertz CT molecular complexity index is 544. The van der Waals surface area contributed by atoms with E-state index in [1.165, 1.54) is 0 Å². The van der Waals surface area contributed by atoms with Gasteiger partial charge >= 0.3 is 0 Å². The average Bonchev–Trinajstić information content (AvgIpc) is 2.62. The van der Waals surface area contributed by atoms with Gasteiger partial charge in [-0.1, -0.05) is 6.07 Å². The molecule has 1 aliphatic heterocycles. The number of carbonyl (C=O) groups excluding carboxylic acids is 1. The number of likely N-dealkylation sites (N-methyl/N-ethyl adjacent to an activating group) is 1. The van der Waals surface area contributed by atoms with Crippen LogP contribution in [0.1, 0.15) is 10.4 Å². The molecule has 2 aromatic rings. The maximum absolute atomic E-state index is 12.0. The molecule has 0 bridgehead atoms. The standard InChI is InChI=1S/C11H11N3O/c1-13-5-6-14-7-12-9-4-2-3-8(10(9)14)11(13)15/h2-4,7H,5-6H2,1H3. The number of hydrogen-bond acceptors (Lipinski definition) is 2. The van der Waals surface area contributed by atoms with Crippen molar-refractivity contribution in [3.63, 3.8) is 0 Å². The highest BCUT2D eigenvalue weighted by atomic mass is 16.2. The maximum atomic E-state index is 12.0. The van der Waals surface area contributed by atoms with Crippen LogP contribution in [0.4, 0.5) is 0 Å². The molecule has 0 saturated carbocycles. The molecule has 0 atom stereocenters. The third kappa shape index (κ3) is 1.08. The Hall–Kier alpha value is -1.84. The Balaban J connectivity index is 2.38. The van der Waals surface area contributed by atoms with Gasteiger partial charge < -0.3 is 9.47 Å². The largest absolute Gasteiger partial charge is 0.340 e. The third-order valence-corrected chi connectivity index (χ3v) is 2.89. The summed E-state index contributed by atoms with van der Waals surface area (Å²) in [6, 6.07) is 5.69. The molecule has 4 nitrogen and oxygen atoms in total. The van der Waals surface area contributed by atoms with Crippen molar-refractivity contribution in [2.75, 3.05) is 13.6 Å². The Morgan fingerprint density at radius 2 is 2.20 bits per heavy atom. The molecule has 76 valence electrons. The number of carbonyl (C=O) groups is 1. The second-order valence-electron chi connectivity index (χ2n) is 3.84. The Labute approximate surface area is 87.1 Å². The van der Waals surface area contributed by atoms with Crippen LogP contribution in [0, 0.1) is 0 Å². The van der Waals surface area contributed by atoms with Crippen LogP contribution in [0.25, 0.3) is 11.0 Å². The number of benzene rings is 1. The zero-order chi connectivity index (χ0) is 10.4. The van der Waals surface area contributed by atoms with Gasteiger partial charge in [0.2, 0.25) is 0 Å². The first-order valence-corrected chi connectivity index (χ1v) is 4.97. The minimum Gasteiger partial charge on any atom is -0.340 e. The summed E-state index contributed by atoms with van der Waals surface area (Å²) >= 11 is 0. The van der Waals surface area contributed by atoms with Gasteiger partial charge in [0.1, 0.15) is 0 Å². The fourth-order valence-corrected chi connectivity index (χ4v) is 2.03. The average molecular weight is 201 g/mol. The molecule has 3 rings (SSSR count). The minimum atomic E-state index is 0.0832. The second kappa shape index (κ2) is 2.82. The molecule has 15 heavy (non-hydrogen) atoms. The maximum Gasteiger partial charge on any atom is 0.255 e. The van der Waals surface area contributed by atoms with E-state index in [4.69, 9.17) is 0 Å². The van der Waals surface area contributed by atoms with Crippen molar-refractivity contribution < 1.29 is 4.79 Å². The number of amides is 1. The van der Waals surface area contributed by atoms with Gasteiger partial charge in [0.05, 0.1) is 22.9 Å². The number of nitrogens with zero attached hydrogens (tertiary/aromatic N) is 3. The topological polar surface area (TPSA) is 38.1 Å². The highest BCUT2D eigenvalue weighted by molar-refractivity contribution is 6.05. The predicted octanol–water partition coefficient (Wildman–Crippen LogP) is 1.12. The van der Waals surface area contributed by atoms with Crippen molar-refractivity contribution in [3.05, 3.63) is 30.1 Å². The lowest BCUT2D eigenvalue weighted by Gasteiger charge is -2.13. The zero-order valence-corrected chi connectivity index (χ0v) is 8.47. The fourth-order valence-electron chi connectivity index (χ4n) is 2.03. The summed E-state index contributed by atoms with van der Waals surface area (Å²) in [5.41, 5.74) is 2.62. The summed E-state index contributed by atoms with van der Waals surface area (Å²) in [6.45, 7) is 1.55. The van der Waals surface area contributed by atoms with Crippen molar-refractivity contribution in [2.45, 2.75) is 6.54 Å². The second-order valence-corrected chi connectivity index (χ2v) is 3.84. The molecule has 0 N–H and O–H groups in total. The summed E-state index contributed by atoms with van der Waals surface area (Å²) in [6.07, 6.45) is 1.81. The van der Waals surface area contributed by atoms with E-state index >= 15 is 0 Å². The molecule has 0 saturated heterocycles.